The molecule has 1 aliphatic heterocycles. The first kappa shape index (κ1) is 15.4. The topological polar surface area (TPSA) is 60.9 Å². The molecule has 1 N–H and O–H groups in total. The Morgan fingerprint density at radius 1 is 1.24 bits per heavy atom. The van der Waals surface area contributed by atoms with Gasteiger partial charge < -0.3 is 14.9 Å². The third-order valence-electron chi connectivity index (χ3n) is 3.46. The molecular weight excluding hydrogens is 292 g/mol. The highest BCUT2D eigenvalue weighted by Crippen LogP contribution is 2.28. The Bertz CT molecular complexity index is 578. The molecule has 0 bridgehead atoms. The van der Waals surface area contributed by atoms with Gasteiger partial charge in [0.2, 0.25) is 5.91 Å². The van der Waals surface area contributed by atoms with E-state index in [1.807, 2.05) is 17.0 Å². The fourth-order valence-electron chi connectivity index (χ4n) is 2.31. The van der Waals surface area contributed by atoms with Gasteiger partial charge in [-0.2, -0.15) is 0 Å². The zero-order chi connectivity index (χ0) is 15.4. The Morgan fingerprint density at radius 3 is 2.43 bits per heavy atom. The molecule has 0 aliphatic carbocycles. The number of benzene rings is 1. The number of nitrogens with zero attached hydrogens (tertiary/aromatic N) is 2. The molecule has 0 aromatic heterocycles. The zero-order valence-corrected chi connectivity index (χ0v) is 12.5. The molecule has 6 heteroatoms. The molecule has 1 amide bonds. The lowest BCUT2D eigenvalue weighted by molar-refractivity contribution is -0.131. The van der Waals surface area contributed by atoms with E-state index in [4.69, 9.17) is 16.7 Å². The number of rotatable bonds is 3. The number of hydrogen-bond acceptors (Lipinski definition) is 3. The van der Waals surface area contributed by atoms with Crippen LogP contribution >= 0.6 is 11.6 Å². The maximum Gasteiger partial charge on any atom is 0.328 e. The number of amides is 1. The largest absolute Gasteiger partial charge is 0.478 e. The molecule has 1 aromatic carbocycles. The summed E-state index contributed by atoms with van der Waals surface area (Å²) in [4.78, 5) is 25.7. The van der Waals surface area contributed by atoms with Crippen molar-refractivity contribution in [2.45, 2.75) is 6.92 Å². The summed E-state index contributed by atoms with van der Waals surface area (Å²) in [6.45, 7) is 4.43. The summed E-state index contributed by atoms with van der Waals surface area (Å²) < 4.78 is 0. The molecule has 0 atom stereocenters. The molecule has 1 aliphatic rings. The van der Waals surface area contributed by atoms with Crippen LogP contribution in [-0.2, 0) is 9.59 Å². The molecule has 0 saturated carbocycles. The van der Waals surface area contributed by atoms with Gasteiger partial charge in [0, 0.05) is 39.2 Å². The molecule has 5 nitrogen and oxygen atoms in total. The van der Waals surface area contributed by atoms with Crippen LogP contribution in [0.4, 0.5) is 5.69 Å². The average Bonchev–Trinajstić information content (AvgIpc) is 2.45. The quantitative estimate of drug-likeness (QED) is 0.869. The van der Waals surface area contributed by atoms with Crippen molar-refractivity contribution in [2.24, 2.45) is 0 Å². The van der Waals surface area contributed by atoms with E-state index in [1.165, 1.54) is 6.08 Å². The standard InChI is InChI=1S/C15H17ClN2O3/c1-11(19)17-6-8-18(9-7-17)14-4-2-12(10-13(14)16)3-5-15(20)21/h2-5,10H,6-9H2,1H3,(H,20,21)/b5-3+. The molecule has 112 valence electrons. The number of aliphatic carboxylic acids is 1. The Labute approximate surface area is 128 Å². The third kappa shape index (κ3) is 3.98. The van der Waals surface area contributed by atoms with Gasteiger partial charge in [-0.25, -0.2) is 4.79 Å². The van der Waals surface area contributed by atoms with Gasteiger partial charge in [0.05, 0.1) is 10.7 Å². The van der Waals surface area contributed by atoms with Crippen LogP contribution in [0.15, 0.2) is 24.3 Å². The van der Waals surface area contributed by atoms with Crippen molar-refractivity contribution in [1.29, 1.82) is 0 Å². The molecule has 0 unspecified atom stereocenters. The van der Waals surface area contributed by atoms with Crippen LogP contribution in [0.2, 0.25) is 5.02 Å². The maximum absolute atomic E-state index is 11.3. The molecule has 1 saturated heterocycles. The van der Waals surface area contributed by atoms with Crippen molar-refractivity contribution in [2.75, 3.05) is 31.1 Å². The van der Waals surface area contributed by atoms with Gasteiger partial charge in [0.15, 0.2) is 0 Å². The zero-order valence-electron chi connectivity index (χ0n) is 11.8. The molecule has 21 heavy (non-hydrogen) atoms. The number of carboxylic acid groups (broad SMARTS) is 1. The monoisotopic (exact) mass is 308 g/mol. The van der Waals surface area contributed by atoms with Crippen molar-refractivity contribution < 1.29 is 14.7 Å². The van der Waals surface area contributed by atoms with E-state index in [2.05, 4.69) is 4.90 Å². The van der Waals surface area contributed by atoms with Gasteiger partial charge in [-0.3, -0.25) is 4.79 Å². The van der Waals surface area contributed by atoms with Crippen LogP contribution in [0.3, 0.4) is 0 Å². The minimum absolute atomic E-state index is 0.0925. The lowest BCUT2D eigenvalue weighted by atomic mass is 10.1. The van der Waals surface area contributed by atoms with Gasteiger partial charge in [-0.1, -0.05) is 17.7 Å². The average molecular weight is 309 g/mol. The first-order valence-corrected chi connectivity index (χ1v) is 7.06. The fourth-order valence-corrected chi connectivity index (χ4v) is 2.62. The van der Waals surface area contributed by atoms with Gasteiger partial charge in [-0.15, -0.1) is 0 Å². The van der Waals surface area contributed by atoms with Crippen LogP contribution < -0.4 is 4.90 Å². The Hall–Kier alpha value is -2.01. The summed E-state index contributed by atoms with van der Waals surface area (Å²) in [6.07, 6.45) is 2.59. The lowest BCUT2D eigenvalue weighted by Crippen LogP contribution is -2.48. The summed E-state index contributed by atoms with van der Waals surface area (Å²) in [5.41, 5.74) is 1.65. The summed E-state index contributed by atoms with van der Waals surface area (Å²) >= 11 is 6.27. The second-order valence-electron chi connectivity index (χ2n) is 4.88. The van der Waals surface area contributed by atoms with Gasteiger partial charge in [-0.05, 0) is 23.8 Å². The number of carbonyl (C=O) groups excluding carboxylic acids is 1. The Morgan fingerprint density at radius 2 is 1.90 bits per heavy atom. The van der Waals surface area contributed by atoms with E-state index in [0.29, 0.717) is 18.1 Å². The van der Waals surface area contributed by atoms with E-state index in [1.54, 1.807) is 13.0 Å². The number of anilines is 1. The van der Waals surface area contributed by atoms with E-state index in [0.717, 1.165) is 30.4 Å². The van der Waals surface area contributed by atoms with Gasteiger partial charge in [0.25, 0.3) is 0 Å². The van der Waals surface area contributed by atoms with Crippen LogP contribution in [-0.4, -0.2) is 48.1 Å². The smallest absolute Gasteiger partial charge is 0.328 e. The van der Waals surface area contributed by atoms with Crippen molar-refractivity contribution >= 4 is 35.2 Å². The maximum atomic E-state index is 11.3. The molecule has 0 spiro atoms. The van der Waals surface area contributed by atoms with E-state index >= 15 is 0 Å². The molecular formula is C15H17ClN2O3. The van der Waals surface area contributed by atoms with Crippen LogP contribution in [0.5, 0.6) is 0 Å². The molecule has 0 radical (unpaired) electrons. The summed E-state index contributed by atoms with van der Waals surface area (Å²) in [5, 5.41) is 9.19. The van der Waals surface area contributed by atoms with E-state index in [9.17, 15) is 9.59 Å². The summed E-state index contributed by atoms with van der Waals surface area (Å²) in [6, 6.07) is 5.46. The molecule has 2 rings (SSSR count). The minimum atomic E-state index is -0.990. The lowest BCUT2D eigenvalue weighted by Gasteiger charge is -2.36. The number of hydrogen-bond donors (Lipinski definition) is 1. The second kappa shape index (κ2) is 6.63. The Kier molecular flexibility index (Phi) is 4.85. The third-order valence-corrected chi connectivity index (χ3v) is 3.76. The van der Waals surface area contributed by atoms with Gasteiger partial charge >= 0.3 is 5.97 Å². The number of halogens is 1. The van der Waals surface area contributed by atoms with Crippen molar-refractivity contribution in [3.8, 4) is 0 Å². The number of piperazine rings is 1. The van der Waals surface area contributed by atoms with Gasteiger partial charge in [0.1, 0.15) is 0 Å². The molecule has 1 fully saturated rings. The highest BCUT2D eigenvalue weighted by molar-refractivity contribution is 6.33. The molecule has 1 heterocycles. The second-order valence-corrected chi connectivity index (χ2v) is 5.28. The Balaban J connectivity index is 2.08. The SMILES string of the molecule is CC(=O)N1CCN(c2ccc(/C=C/C(=O)O)cc2Cl)CC1. The molecule has 1 aromatic rings. The minimum Gasteiger partial charge on any atom is -0.478 e. The highest BCUT2D eigenvalue weighted by Gasteiger charge is 2.20. The predicted octanol–water partition coefficient (Wildman–Crippen LogP) is 2.11. The first-order valence-electron chi connectivity index (χ1n) is 6.68. The van der Waals surface area contributed by atoms with Crippen molar-refractivity contribution in [1.82, 2.24) is 4.90 Å². The van der Waals surface area contributed by atoms with Crippen LogP contribution in [0.25, 0.3) is 6.08 Å². The number of carboxylic acids is 1. The van der Waals surface area contributed by atoms with E-state index < -0.39 is 5.97 Å². The predicted molar refractivity (Wildman–Crippen MR) is 82.6 cm³/mol. The van der Waals surface area contributed by atoms with Crippen LogP contribution in [0.1, 0.15) is 12.5 Å². The van der Waals surface area contributed by atoms with Crippen molar-refractivity contribution in [3.63, 3.8) is 0 Å². The first-order chi connectivity index (χ1) is 9.97. The number of carbonyl (C=O) groups is 2. The van der Waals surface area contributed by atoms with Crippen molar-refractivity contribution in [3.05, 3.63) is 34.9 Å². The summed E-state index contributed by atoms with van der Waals surface area (Å²) in [7, 11) is 0. The highest BCUT2D eigenvalue weighted by atomic mass is 35.5. The van der Waals surface area contributed by atoms with E-state index in [-0.39, 0.29) is 5.91 Å². The van der Waals surface area contributed by atoms with Crippen LogP contribution in [0, 0.1) is 0 Å². The normalized spacial score (nSPS) is 15.5. The summed E-state index contributed by atoms with van der Waals surface area (Å²) in [5.74, 6) is -0.898. The fraction of sp³-hybridized carbons (Fsp3) is 0.333.